The average Bonchev–Trinajstić information content (AvgIpc) is 3.16. The van der Waals surface area contributed by atoms with E-state index in [2.05, 4.69) is 25.8 Å². The zero-order chi connectivity index (χ0) is 15.6. The summed E-state index contributed by atoms with van der Waals surface area (Å²) in [4.78, 5) is 22.0. The van der Waals surface area contributed by atoms with E-state index in [0.29, 0.717) is 24.9 Å². The molecule has 0 aromatic carbocycles. The Morgan fingerprint density at radius 2 is 2.30 bits per heavy atom. The van der Waals surface area contributed by atoms with Crippen molar-refractivity contribution in [1.29, 1.82) is 0 Å². The van der Waals surface area contributed by atoms with Gasteiger partial charge in [0.05, 0.1) is 5.56 Å². The molecule has 1 aliphatic carbocycles. The molecule has 0 atom stereocenters. The molecule has 2 N–H and O–H groups in total. The smallest absolute Gasteiger partial charge is 0.317 e. The quantitative estimate of drug-likeness (QED) is 0.837. The molecule has 4 rings (SSSR count). The number of aromatic nitrogens is 3. The first-order valence-corrected chi connectivity index (χ1v) is 7.86. The summed E-state index contributed by atoms with van der Waals surface area (Å²) in [6.45, 7) is 2.79. The molecule has 0 radical (unpaired) electrons. The fourth-order valence-electron chi connectivity index (χ4n) is 2.53. The molecule has 2 aromatic rings. The van der Waals surface area contributed by atoms with Gasteiger partial charge in [0, 0.05) is 38.3 Å². The predicted molar refractivity (Wildman–Crippen MR) is 83.0 cm³/mol. The molecule has 8 nitrogen and oxygen atoms in total. The van der Waals surface area contributed by atoms with Crippen LogP contribution in [0.1, 0.15) is 24.6 Å². The van der Waals surface area contributed by atoms with Crippen LogP contribution in [0, 0.1) is 0 Å². The molecular weight excluding hydrogens is 296 g/mol. The number of pyridine rings is 1. The van der Waals surface area contributed by atoms with Crippen molar-refractivity contribution in [2.75, 3.05) is 31.5 Å². The molecule has 2 aromatic heterocycles. The van der Waals surface area contributed by atoms with Crippen molar-refractivity contribution in [2.24, 2.45) is 0 Å². The van der Waals surface area contributed by atoms with Gasteiger partial charge >= 0.3 is 6.03 Å². The molecule has 2 fully saturated rings. The zero-order valence-corrected chi connectivity index (χ0v) is 12.7. The predicted octanol–water partition coefficient (Wildman–Crippen LogP) is 1.45. The average molecular weight is 314 g/mol. The van der Waals surface area contributed by atoms with Crippen molar-refractivity contribution in [3.05, 3.63) is 24.2 Å². The SMILES string of the molecule is O=C1NCCN1CCNc1ccc(-c2nc(C3CC3)no2)cn1. The lowest BCUT2D eigenvalue weighted by Gasteiger charge is -2.14. The third-order valence-electron chi connectivity index (χ3n) is 4.03. The lowest BCUT2D eigenvalue weighted by Crippen LogP contribution is -2.32. The molecule has 3 heterocycles. The number of carbonyl (C=O) groups excluding carboxylic acids is 1. The Balaban J connectivity index is 1.32. The number of anilines is 1. The Bertz CT molecular complexity index is 694. The zero-order valence-electron chi connectivity index (χ0n) is 12.7. The first-order valence-electron chi connectivity index (χ1n) is 7.86. The normalized spacial score (nSPS) is 17.4. The molecule has 1 saturated carbocycles. The minimum absolute atomic E-state index is 0.00188. The first kappa shape index (κ1) is 14.0. The molecular formula is C15H18N6O2. The van der Waals surface area contributed by atoms with Crippen LogP contribution in [0.5, 0.6) is 0 Å². The maximum absolute atomic E-state index is 11.4. The van der Waals surface area contributed by atoms with Gasteiger partial charge in [0.15, 0.2) is 5.82 Å². The number of nitrogens with zero attached hydrogens (tertiary/aromatic N) is 4. The topological polar surface area (TPSA) is 96.2 Å². The molecule has 2 amide bonds. The van der Waals surface area contributed by atoms with E-state index in [1.165, 1.54) is 0 Å². The highest BCUT2D eigenvalue weighted by Gasteiger charge is 2.29. The van der Waals surface area contributed by atoms with E-state index in [9.17, 15) is 4.79 Å². The Kier molecular flexibility index (Phi) is 3.57. The highest BCUT2D eigenvalue weighted by Crippen LogP contribution is 2.38. The van der Waals surface area contributed by atoms with Crippen LogP contribution >= 0.6 is 0 Å². The highest BCUT2D eigenvalue weighted by molar-refractivity contribution is 5.76. The van der Waals surface area contributed by atoms with Gasteiger partial charge < -0.3 is 20.1 Å². The maximum Gasteiger partial charge on any atom is 0.317 e. The van der Waals surface area contributed by atoms with Crippen molar-refractivity contribution >= 4 is 11.8 Å². The molecule has 1 saturated heterocycles. The number of hydrogen-bond donors (Lipinski definition) is 2. The Morgan fingerprint density at radius 1 is 1.39 bits per heavy atom. The van der Waals surface area contributed by atoms with Crippen molar-refractivity contribution in [3.63, 3.8) is 0 Å². The lowest BCUT2D eigenvalue weighted by atomic mass is 10.3. The van der Waals surface area contributed by atoms with E-state index in [0.717, 1.165) is 43.1 Å². The van der Waals surface area contributed by atoms with Gasteiger partial charge in [-0.2, -0.15) is 4.98 Å². The summed E-state index contributed by atoms with van der Waals surface area (Å²) in [5.74, 6) is 2.55. The third-order valence-corrected chi connectivity index (χ3v) is 4.03. The number of amides is 2. The van der Waals surface area contributed by atoms with Crippen LogP contribution in [-0.4, -0.2) is 52.2 Å². The summed E-state index contributed by atoms with van der Waals surface area (Å²) in [6, 6.07) is 3.78. The summed E-state index contributed by atoms with van der Waals surface area (Å²) in [7, 11) is 0. The van der Waals surface area contributed by atoms with Crippen molar-refractivity contribution in [1.82, 2.24) is 25.3 Å². The van der Waals surface area contributed by atoms with Crippen LogP contribution < -0.4 is 10.6 Å². The van der Waals surface area contributed by atoms with Crippen molar-refractivity contribution in [3.8, 4) is 11.5 Å². The van der Waals surface area contributed by atoms with Gasteiger partial charge in [-0.05, 0) is 25.0 Å². The van der Waals surface area contributed by atoms with Crippen LogP contribution in [0.3, 0.4) is 0 Å². The molecule has 23 heavy (non-hydrogen) atoms. The summed E-state index contributed by atoms with van der Waals surface area (Å²) >= 11 is 0. The molecule has 120 valence electrons. The maximum atomic E-state index is 11.4. The Morgan fingerprint density at radius 3 is 3.00 bits per heavy atom. The minimum Gasteiger partial charge on any atom is -0.368 e. The molecule has 0 bridgehead atoms. The summed E-state index contributed by atoms with van der Waals surface area (Å²) in [6.07, 6.45) is 4.01. The molecule has 0 spiro atoms. The van der Waals surface area contributed by atoms with Gasteiger partial charge in [0.1, 0.15) is 5.82 Å². The number of urea groups is 1. The molecule has 1 aliphatic heterocycles. The van der Waals surface area contributed by atoms with Gasteiger partial charge in [-0.15, -0.1) is 0 Å². The van der Waals surface area contributed by atoms with Gasteiger partial charge in [-0.1, -0.05) is 5.16 Å². The molecule has 0 unspecified atom stereocenters. The van der Waals surface area contributed by atoms with E-state index in [1.807, 2.05) is 12.1 Å². The van der Waals surface area contributed by atoms with Gasteiger partial charge in [0.25, 0.3) is 5.89 Å². The number of nitrogens with one attached hydrogen (secondary N) is 2. The van der Waals surface area contributed by atoms with E-state index in [-0.39, 0.29) is 6.03 Å². The van der Waals surface area contributed by atoms with E-state index in [1.54, 1.807) is 11.1 Å². The highest BCUT2D eigenvalue weighted by atomic mass is 16.5. The fourth-order valence-corrected chi connectivity index (χ4v) is 2.53. The molecule has 8 heteroatoms. The van der Waals surface area contributed by atoms with E-state index in [4.69, 9.17) is 4.52 Å². The number of rotatable bonds is 6. The Hall–Kier alpha value is -2.64. The van der Waals surface area contributed by atoms with Gasteiger partial charge in [-0.3, -0.25) is 0 Å². The standard InChI is InChI=1S/C15H18N6O2/c22-15-17-6-8-21(15)7-5-16-12-4-3-11(9-18-12)14-19-13(20-23-14)10-1-2-10/h3-4,9-10H,1-2,5-8H2,(H,16,18)(H,17,22). The van der Waals surface area contributed by atoms with Crippen LogP contribution in [-0.2, 0) is 0 Å². The summed E-state index contributed by atoms with van der Waals surface area (Å²) in [5, 5.41) is 9.99. The number of hydrogen-bond acceptors (Lipinski definition) is 6. The van der Waals surface area contributed by atoms with Gasteiger partial charge in [-0.25, -0.2) is 9.78 Å². The number of carbonyl (C=O) groups is 1. The van der Waals surface area contributed by atoms with Crippen molar-refractivity contribution < 1.29 is 9.32 Å². The third kappa shape index (κ3) is 3.10. The Labute approximate surface area is 133 Å². The van der Waals surface area contributed by atoms with Crippen LogP contribution in [0.15, 0.2) is 22.9 Å². The second kappa shape index (κ2) is 5.86. The lowest BCUT2D eigenvalue weighted by molar-refractivity contribution is 0.219. The second-order valence-corrected chi connectivity index (χ2v) is 5.81. The van der Waals surface area contributed by atoms with Crippen LogP contribution in [0.2, 0.25) is 0 Å². The fraction of sp³-hybridized carbons (Fsp3) is 0.467. The summed E-state index contributed by atoms with van der Waals surface area (Å²) < 4.78 is 5.28. The first-order chi connectivity index (χ1) is 11.3. The van der Waals surface area contributed by atoms with E-state index < -0.39 is 0 Å². The molecule has 2 aliphatic rings. The summed E-state index contributed by atoms with van der Waals surface area (Å²) in [5.41, 5.74) is 0.814. The minimum atomic E-state index is -0.00188. The largest absolute Gasteiger partial charge is 0.368 e. The second-order valence-electron chi connectivity index (χ2n) is 5.81. The van der Waals surface area contributed by atoms with Crippen molar-refractivity contribution in [2.45, 2.75) is 18.8 Å². The van der Waals surface area contributed by atoms with Crippen LogP contribution in [0.25, 0.3) is 11.5 Å². The van der Waals surface area contributed by atoms with Gasteiger partial charge in [0.2, 0.25) is 0 Å². The monoisotopic (exact) mass is 314 g/mol. The van der Waals surface area contributed by atoms with Crippen LogP contribution in [0.4, 0.5) is 10.6 Å². The van der Waals surface area contributed by atoms with E-state index >= 15 is 0 Å².